The van der Waals surface area contributed by atoms with Crippen molar-refractivity contribution in [3.63, 3.8) is 0 Å². The average molecular weight is 242 g/mol. The fourth-order valence-corrected chi connectivity index (χ4v) is 1.22. The Kier molecular flexibility index (Phi) is 5.08. The fourth-order valence-electron chi connectivity index (χ4n) is 1.22. The summed E-state index contributed by atoms with van der Waals surface area (Å²) in [4.78, 5) is 27.3. The second-order valence-electron chi connectivity index (χ2n) is 5.58. The van der Waals surface area contributed by atoms with Crippen LogP contribution in [0.5, 0.6) is 0 Å². The Morgan fingerprint density at radius 3 is 2.41 bits per heavy atom. The number of hydrogen-bond acceptors (Lipinski definition) is 5. The van der Waals surface area contributed by atoms with Crippen molar-refractivity contribution in [3.8, 4) is 0 Å². The van der Waals surface area contributed by atoms with Crippen LogP contribution >= 0.6 is 0 Å². The van der Waals surface area contributed by atoms with Gasteiger partial charge in [-0.2, -0.15) is 0 Å². The van der Waals surface area contributed by atoms with Gasteiger partial charge in [-0.1, -0.05) is 0 Å². The van der Waals surface area contributed by atoms with Crippen LogP contribution in [0.15, 0.2) is 0 Å². The summed E-state index contributed by atoms with van der Waals surface area (Å²) in [6.07, 6.45) is 2.69. The molecule has 0 aliphatic heterocycles. The zero-order valence-electron chi connectivity index (χ0n) is 10.8. The molecule has 98 valence electrons. The molecule has 1 aliphatic carbocycles. The summed E-state index contributed by atoms with van der Waals surface area (Å²) in [7, 11) is 0. The van der Waals surface area contributed by atoms with Gasteiger partial charge in [-0.3, -0.25) is 9.59 Å². The molecule has 1 rings (SSSR count). The summed E-state index contributed by atoms with van der Waals surface area (Å²) < 4.78 is 0. The van der Waals surface area contributed by atoms with E-state index >= 15 is 0 Å². The number of Topliss-reactive ketones (excluding diaryl/α,β-unsaturated/α-hetero) is 1. The molecule has 1 aliphatic rings. The van der Waals surface area contributed by atoms with E-state index in [0.29, 0.717) is 12.3 Å². The first-order valence-corrected chi connectivity index (χ1v) is 6.06. The van der Waals surface area contributed by atoms with E-state index in [1.54, 1.807) is 0 Å². The number of nitrogens with one attached hydrogen (secondary N) is 2. The monoisotopic (exact) mass is 242 g/mol. The van der Waals surface area contributed by atoms with Crippen molar-refractivity contribution in [3.05, 3.63) is 0 Å². The topological polar surface area (TPSA) is 67.4 Å². The SMILES string of the molecule is CC(C)(C)NCC(=O)CNOC(=O)CC1CC1. The molecule has 5 nitrogen and oxygen atoms in total. The van der Waals surface area contributed by atoms with Gasteiger partial charge < -0.3 is 10.2 Å². The third-order valence-electron chi connectivity index (χ3n) is 2.42. The van der Waals surface area contributed by atoms with E-state index in [-0.39, 0.29) is 30.4 Å². The molecule has 0 amide bonds. The Hall–Kier alpha value is -0.940. The van der Waals surface area contributed by atoms with E-state index in [1.807, 2.05) is 20.8 Å². The van der Waals surface area contributed by atoms with Gasteiger partial charge in [-0.15, -0.1) is 5.48 Å². The van der Waals surface area contributed by atoms with Crippen LogP contribution in [0.4, 0.5) is 0 Å². The lowest BCUT2D eigenvalue weighted by molar-refractivity contribution is -0.152. The average Bonchev–Trinajstić information content (AvgIpc) is 2.97. The maximum Gasteiger partial charge on any atom is 0.325 e. The normalized spacial score (nSPS) is 15.7. The molecule has 0 atom stereocenters. The number of hydroxylamine groups is 1. The van der Waals surface area contributed by atoms with Crippen molar-refractivity contribution in [1.82, 2.24) is 10.8 Å². The van der Waals surface area contributed by atoms with E-state index in [1.165, 1.54) is 0 Å². The molecule has 5 heteroatoms. The van der Waals surface area contributed by atoms with Gasteiger partial charge in [0.2, 0.25) is 0 Å². The highest BCUT2D eigenvalue weighted by molar-refractivity contribution is 5.82. The van der Waals surface area contributed by atoms with Gasteiger partial charge in [0.25, 0.3) is 0 Å². The standard InChI is InChI=1S/C12H22N2O3/c1-12(2,3)13-7-10(15)8-14-17-11(16)6-9-4-5-9/h9,13-14H,4-8H2,1-3H3. The van der Waals surface area contributed by atoms with E-state index in [9.17, 15) is 9.59 Å². The minimum Gasteiger partial charge on any atom is -0.370 e. The van der Waals surface area contributed by atoms with Gasteiger partial charge in [0, 0.05) is 5.54 Å². The second kappa shape index (κ2) is 6.12. The lowest BCUT2D eigenvalue weighted by Gasteiger charge is -2.19. The first-order valence-electron chi connectivity index (χ1n) is 6.06. The molecule has 0 aromatic carbocycles. The molecule has 0 bridgehead atoms. The van der Waals surface area contributed by atoms with Crippen molar-refractivity contribution in [2.45, 2.75) is 45.6 Å². The second-order valence-corrected chi connectivity index (χ2v) is 5.58. The molecule has 2 N–H and O–H groups in total. The Bertz CT molecular complexity index is 280. The lowest BCUT2D eigenvalue weighted by atomic mass is 10.1. The first kappa shape index (κ1) is 14.1. The minimum atomic E-state index is -0.274. The molecule has 1 saturated carbocycles. The zero-order valence-corrected chi connectivity index (χ0v) is 10.8. The van der Waals surface area contributed by atoms with Crippen LogP contribution in [0.1, 0.15) is 40.0 Å². The van der Waals surface area contributed by atoms with Crippen molar-refractivity contribution < 1.29 is 14.4 Å². The van der Waals surface area contributed by atoms with E-state index in [4.69, 9.17) is 4.84 Å². The maximum absolute atomic E-state index is 11.4. The molecule has 0 aromatic rings. The third kappa shape index (κ3) is 7.88. The molecule has 1 fully saturated rings. The molecular weight excluding hydrogens is 220 g/mol. The van der Waals surface area contributed by atoms with E-state index in [0.717, 1.165) is 12.8 Å². The largest absolute Gasteiger partial charge is 0.370 e. The van der Waals surface area contributed by atoms with Crippen LogP contribution in [-0.2, 0) is 14.4 Å². The zero-order chi connectivity index (χ0) is 12.9. The van der Waals surface area contributed by atoms with Gasteiger partial charge in [0.05, 0.1) is 19.5 Å². The molecule has 0 spiro atoms. The summed E-state index contributed by atoms with van der Waals surface area (Å²) in [6.45, 7) is 6.30. The van der Waals surface area contributed by atoms with Crippen LogP contribution in [0.25, 0.3) is 0 Å². The van der Waals surface area contributed by atoms with Crippen molar-refractivity contribution in [1.29, 1.82) is 0 Å². The summed E-state index contributed by atoms with van der Waals surface area (Å²) in [5, 5.41) is 3.07. The Balaban J connectivity index is 2.01. The van der Waals surface area contributed by atoms with Crippen molar-refractivity contribution in [2.24, 2.45) is 5.92 Å². The predicted molar refractivity (Wildman–Crippen MR) is 64.2 cm³/mol. The lowest BCUT2D eigenvalue weighted by Crippen LogP contribution is -2.42. The molecule has 0 unspecified atom stereocenters. The van der Waals surface area contributed by atoms with E-state index in [2.05, 4.69) is 10.8 Å². The van der Waals surface area contributed by atoms with Crippen LogP contribution in [-0.4, -0.2) is 30.4 Å². The summed E-state index contributed by atoms with van der Waals surface area (Å²) in [5.41, 5.74) is 2.33. The number of hydrogen-bond donors (Lipinski definition) is 2. The predicted octanol–water partition coefficient (Wildman–Crippen LogP) is 0.791. The van der Waals surface area contributed by atoms with Gasteiger partial charge in [0.1, 0.15) is 0 Å². The Morgan fingerprint density at radius 2 is 1.88 bits per heavy atom. The first-order chi connectivity index (χ1) is 7.87. The molecule has 0 radical (unpaired) electrons. The highest BCUT2D eigenvalue weighted by atomic mass is 16.7. The molecular formula is C12H22N2O3. The number of carbonyl (C=O) groups is 2. The van der Waals surface area contributed by atoms with Gasteiger partial charge in [0.15, 0.2) is 5.78 Å². The van der Waals surface area contributed by atoms with Gasteiger partial charge in [-0.05, 0) is 39.5 Å². The van der Waals surface area contributed by atoms with Crippen LogP contribution in [0.3, 0.4) is 0 Å². The number of rotatable bonds is 7. The molecule has 0 aromatic heterocycles. The van der Waals surface area contributed by atoms with E-state index < -0.39 is 0 Å². The molecule has 0 heterocycles. The smallest absolute Gasteiger partial charge is 0.325 e. The highest BCUT2D eigenvalue weighted by Gasteiger charge is 2.25. The Labute approximate surface area is 102 Å². The molecule has 17 heavy (non-hydrogen) atoms. The van der Waals surface area contributed by atoms with Gasteiger partial charge >= 0.3 is 5.97 Å². The van der Waals surface area contributed by atoms with Crippen LogP contribution < -0.4 is 10.8 Å². The number of ketones is 1. The summed E-state index contributed by atoms with van der Waals surface area (Å²) >= 11 is 0. The van der Waals surface area contributed by atoms with Crippen molar-refractivity contribution in [2.75, 3.05) is 13.1 Å². The minimum absolute atomic E-state index is 0.0286. The summed E-state index contributed by atoms with van der Waals surface area (Å²) in [6, 6.07) is 0. The van der Waals surface area contributed by atoms with Crippen LogP contribution in [0.2, 0.25) is 0 Å². The van der Waals surface area contributed by atoms with Crippen molar-refractivity contribution >= 4 is 11.8 Å². The fraction of sp³-hybridized carbons (Fsp3) is 0.833. The quantitative estimate of drug-likeness (QED) is 0.646. The third-order valence-corrected chi connectivity index (χ3v) is 2.42. The van der Waals surface area contributed by atoms with Crippen LogP contribution in [0, 0.1) is 5.92 Å². The highest BCUT2D eigenvalue weighted by Crippen LogP contribution is 2.32. The Morgan fingerprint density at radius 1 is 1.24 bits per heavy atom. The van der Waals surface area contributed by atoms with Gasteiger partial charge in [-0.25, -0.2) is 0 Å². The maximum atomic E-state index is 11.4. The summed E-state index contributed by atoms with van der Waals surface area (Å²) in [5.74, 6) is 0.200. The number of carbonyl (C=O) groups excluding carboxylic acids is 2. The molecule has 0 saturated heterocycles.